The van der Waals surface area contributed by atoms with Gasteiger partial charge in [0.2, 0.25) is 0 Å². The molecule has 0 aromatic heterocycles. The molecule has 1 saturated heterocycles. The maximum absolute atomic E-state index is 12.0. The molecule has 0 aromatic rings. The van der Waals surface area contributed by atoms with Crippen LogP contribution in [-0.4, -0.2) is 71.6 Å². The number of hydrogen-bond acceptors (Lipinski definition) is 7. The molecule has 1 heterocycles. The van der Waals surface area contributed by atoms with Crippen LogP contribution >= 0.6 is 0 Å². The Hall–Kier alpha value is 0.910. The average Bonchev–Trinajstić information content (AvgIpc) is 2.73. The maximum Gasteiger partial charge on any atom is 1.00 e. The van der Waals surface area contributed by atoms with E-state index in [1.165, 1.54) is 0 Å². The third-order valence-electron chi connectivity index (χ3n) is 5.13. The van der Waals surface area contributed by atoms with Crippen molar-refractivity contribution < 1.29 is 62.0 Å². The molecule has 0 amide bonds. The van der Waals surface area contributed by atoms with E-state index in [0.717, 1.165) is 51.4 Å². The van der Waals surface area contributed by atoms with Gasteiger partial charge in [-0.05, 0) is 36.8 Å². The van der Waals surface area contributed by atoms with Crippen LogP contribution in [0.1, 0.15) is 79.1 Å². The summed E-state index contributed by atoms with van der Waals surface area (Å²) < 4.78 is 54.2. The minimum atomic E-state index is -2.46. The Labute approximate surface area is 214 Å². The molecule has 1 fully saturated rings. The molecule has 0 spiro atoms. The summed E-state index contributed by atoms with van der Waals surface area (Å²) in [6.45, 7) is 10.8. The quantitative estimate of drug-likeness (QED) is 0.166. The maximum atomic E-state index is 12.0. The normalized spacial score (nSPS) is 27.1. The Morgan fingerprint density at radius 2 is 1.19 bits per heavy atom. The first-order chi connectivity index (χ1) is 14.6. The van der Waals surface area contributed by atoms with Crippen LogP contribution < -0.4 is 29.6 Å². The molecule has 180 valence electrons. The van der Waals surface area contributed by atoms with E-state index in [0.29, 0.717) is 26.4 Å². The molecule has 0 aliphatic carbocycles. The third-order valence-corrected chi connectivity index (χ3v) is 5.89. The van der Waals surface area contributed by atoms with E-state index in [4.69, 9.17) is 23.7 Å². The molecule has 0 N–H and O–H groups in total. The van der Waals surface area contributed by atoms with Gasteiger partial charge in [0.05, 0.1) is 6.61 Å². The van der Waals surface area contributed by atoms with Gasteiger partial charge in [-0.25, -0.2) is 0 Å². The number of rotatable bonds is 18. The monoisotopic (exact) mass is 474 g/mol. The second-order valence-corrected chi connectivity index (χ2v) is 8.78. The van der Waals surface area contributed by atoms with E-state index in [2.05, 4.69) is 27.7 Å². The largest absolute Gasteiger partial charge is 1.00 e. The van der Waals surface area contributed by atoms with Crippen molar-refractivity contribution in [3.63, 3.8) is 0 Å². The van der Waals surface area contributed by atoms with Gasteiger partial charge in [0.25, 0.3) is 0 Å². The van der Waals surface area contributed by atoms with E-state index in [-0.39, 0.29) is 36.2 Å². The zero-order valence-corrected chi connectivity index (χ0v) is 23.2. The van der Waals surface area contributed by atoms with E-state index >= 15 is 0 Å². The first-order valence-electron chi connectivity index (χ1n) is 11.8. The molecule has 0 radical (unpaired) electrons. The molecule has 9 heteroatoms. The third kappa shape index (κ3) is 12.3. The fourth-order valence-electron chi connectivity index (χ4n) is 3.27. The fraction of sp³-hybridized carbons (Fsp3) is 1.00. The SMILES string of the molecule is CCCCOC[C@H]1OC(S(=O)[O-])[C@H](OCCCC)[C@@H](OCCCC)[C@@H]1OCCCC.[Na+]. The minimum absolute atomic E-state index is 0. The van der Waals surface area contributed by atoms with Crippen LogP contribution in [0.2, 0.25) is 0 Å². The summed E-state index contributed by atoms with van der Waals surface area (Å²) in [5.74, 6) is 0. The van der Waals surface area contributed by atoms with E-state index in [1.54, 1.807) is 0 Å². The van der Waals surface area contributed by atoms with E-state index in [9.17, 15) is 8.76 Å². The van der Waals surface area contributed by atoms with E-state index < -0.39 is 40.9 Å². The molecule has 1 aliphatic rings. The molecular formula is C22H43NaO7S. The number of ether oxygens (including phenoxy) is 5. The molecule has 7 nitrogen and oxygen atoms in total. The van der Waals surface area contributed by atoms with Crippen molar-refractivity contribution in [2.24, 2.45) is 0 Å². The smallest absolute Gasteiger partial charge is 0.770 e. The summed E-state index contributed by atoms with van der Waals surface area (Å²) in [7, 11) is 0. The molecule has 1 aliphatic heterocycles. The van der Waals surface area contributed by atoms with Gasteiger partial charge >= 0.3 is 29.6 Å². The number of hydrogen-bond donors (Lipinski definition) is 0. The van der Waals surface area contributed by atoms with Crippen LogP contribution in [0.5, 0.6) is 0 Å². The van der Waals surface area contributed by atoms with Gasteiger partial charge in [0, 0.05) is 26.4 Å². The van der Waals surface area contributed by atoms with Crippen molar-refractivity contribution in [1.29, 1.82) is 0 Å². The molecule has 0 aromatic carbocycles. The van der Waals surface area contributed by atoms with Crippen LogP contribution in [0.4, 0.5) is 0 Å². The van der Waals surface area contributed by atoms with Gasteiger partial charge in [0.1, 0.15) is 29.9 Å². The summed E-state index contributed by atoms with van der Waals surface area (Å²) in [4.78, 5) is 0. The molecule has 0 bridgehead atoms. The summed E-state index contributed by atoms with van der Waals surface area (Å²) in [6, 6.07) is 0. The molecule has 0 saturated carbocycles. The van der Waals surface area contributed by atoms with Crippen LogP contribution in [0.3, 0.4) is 0 Å². The standard InChI is InChI=1S/C22H44O7S.Na/c1-5-9-13-25-17-18-19(26-14-10-6-2)20(27-15-11-7-3)21(28-16-12-8-4)22(29-18)30(23)24;/h18-22H,5-17H2,1-4H3,(H,23,24);/q;+1/p-1/t18-,19-,20+,21-,22?;/m1./s1. The van der Waals surface area contributed by atoms with Gasteiger partial charge in [0.15, 0.2) is 0 Å². The summed E-state index contributed by atoms with van der Waals surface area (Å²) in [5.41, 5.74) is -1.10. The summed E-state index contributed by atoms with van der Waals surface area (Å²) >= 11 is -2.46. The second kappa shape index (κ2) is 20.3. The first kappa shape index (κ1) is 31.9. The van der Waals surface area contributed by atoms with Crippen molar-refractivity contribution in [1.82, 2.24) is 0 Å². The van der Waals surface area contributed by atoms with Gasteiger partial charge in [-0.3, -0.25) is 4.21 Å². The zero-order valence-electron chi connectivity index (χ0n) is 20.3. The number of unbranched alkanes of at least 4 members (excludes halogenated alkanes) is 4. The topological polar surface area (TPSA) is 86.3 Å². The van der Waals surface area contributed by atoms with Crippen molar-refractivity contribution in [3.05, 3.63) is 0 Å². The van der Waals surface area contributed by atoms with Gasteiger partial charge in [-0.1, -0.05) is 53.4 Å². The van der Waals surface area contributed by atoms with Gasteiger partial charge < -0.3 is 28.2 Å². The Kier molecular flexibility index (Phi) is 20.9. The van der Waals surface area contributed by atoms with Gasteiger partial charge in [-0.2, -0.15) is 0 Å². The van der Waals surface area contributed by atoms with Crippen LogP contribution in [0.25, 0.3) is 0 Å². The van der Waals surface area contributed by atoms with Crippen LogP contribution in [0.15, 0.2) is 0 Å². The molecule has 6 atom stereocenters. The Morgan fingerprint density at radius 1 is 0.742 bits per heavy atom. The van der Waals surface area contributed by atoms with Gasteiger partial charge in [-0.15, -0.1) is 0 Å². The molecule has 1 rings (SSSR count). The Balaban J connectivity index is 0.00000900. The summed E-state index contributed by atoms with van der Waals surface area (Å²) in [5, 5.41) is 0. The second-order valence-electron chi connectivity index (χ2n) is 7.80. The molecule has 31 heavy (non-hydrogen) atoms. The average molecular weight is 475 g/mol. The van der Waals surface area contributed by atoms with Crippen LogP contribution in [-0.2, 0) is 34.8 Å². The van der Waals surface area contributed by atoms with Crippen molar-refractivity contribution >= 4 is 11.1 Å². The van der Waals surface area contributed by atoms with Crippen LogP contribution in [0, 0.1) is 0 Å². The first-order valence-corrected chi connectivity index (χ1v) is 12.9. The fourth-order valence-corrected chi connectivity index (χ4v) is 3.96. The predicted octanol–water partition coefficient (Wildman–Crippen LogP) is 0.967. The Bertz CT molecular complexity index is 444. The minimum Gasteiger partial charge on any atom is -0.770 e. The van der Waals surface area contributed by atoms with Crippen molar-refractivity contribution in [2.75, 3.05) is 33.0 Å². The van der Waals surface area contributed by atoms with Crippen molar-refractivity contribution in [3.8, 4) is 0 Å². The van der Waals surface area contributed by atoms with Crippen molar-refractivity contribution in [2.45, 2.75) is 109 Å². The van der Waals surface area contributed by atoms with E-state index in [1.807, 2.05) is 0 Å². The zero-order chi connectivity index (χ0) is 22.2. The molecular weight excluding hydrogens is 431 g/mol. The summed E-state index contributed by atoms with van der Waals surface area (Å²) in [6.07, 6.45) is 5.43. The predicted molar refractivity (Wildman–Crippen MR) is 117 cm³/mol. The Morgan fingerprint density at radius 3 is 1.68 bits per heavy atom. The molecule has 2 unspecified atom stereocenters.